The summed E-state index contributed by atoms with van der Waals surface area (Å²) >= 11 is 0. The van der Waals surface area contributed by atoms with Crippen LogP contribution in [0.3, 0.4) is 0 Å². The second-order valence-electron chi connectivity index (χ2n) is 2.93. The van der Waals surface area contributed by atoms with Gasteiger partial charge in [0.2, 0.25) is 0 Å². The summed E-state index contributed by atoms with van der Waals surface area (Å²) in [4.78, 5) is 2.32. The highest BCUT2D eigenvalue weighted by molar-refractivity contribution is 5.85. The lowest BCUT2D eigenvalue weighted by Crippen LogP contribution is -2.14. The highest BCUT2D eigenvalue weighted by atomic mass is 35.5. The summed E-state index contributed by atoms with van der Waals surface area (Å²) in [6.07, 6.45) is 2.27. The number of aliphatic hydroxyl groups excluding tert-OH is 1. The van der Waals surface area contributed by atoms with Crippen molar-refractivity contribution in [1.29, 1.82) is 0 Å². The van der Waals surface area contributed by atoms with Crippen LogP contribution in [0.25, 0.3) is 0 Å². The Morgan fingerprint density at radius 2 is 2.30 bits per heavy atom. The number of hydrogen-bond acceptors (Lipinski definition) is 2. The normalized spacial score (nSPS) is 26.4. The highest BCUT2D eigenvalue weighted by Gasteiger charge is 2.17. The Labute approximate surface area is 68.6 Å². The van der Waals surface area contributed by atoms with Crippen LogP contribution >= 0.6 is 12.4 Å². The molecule has 0 aliphatic carbocycles. The van der Waals surface area contributed by atoms with E-state index in [-0.39, 0.29) is 12.4 Å². The van der Waals surface area contributed by atoms with Crippen LogP contribution < -0.4 is 0 Å². The minimum atomic E-state index is 0. The first-order valence-electron chi connectivity index (χ1n) is 3.62. The molecule has 1 unspecified atom stereocenters. The third-order valence-corrected chi connectivity index (χ3v) is 2.03. The molecule has 0 aromatic rings. The lowest BCUT2D eigenvalue weighted by Gasteiger charge is -2.07. The van der Waals surface area contributed by atoms with Gasteiger partial charge in [-0.3, -0.25) is 0 Å². The minimum absolute atomic E-state index is 0. The molecule has 0 aromatic carbocycles. The maximum absolute atomic E-state index is 8.59. The van der Waals surface area contributed by atoms with E-state index in [2.05, 4.69) is 11.9 Å². The Kier molecular flexibility index (Phi) is 5.04. The number of aliphatic hydroxyl groups is 1. The number of rotatable bonds is 2. The maximum atomic E-state index is 8.59. The number of halogens is 1. The van der Waals surface area contributed by atoms with Gasteiger partial charge in [-0.05, 0) is 32.4 Å². The van der Waals surface area contributed by atoms with E-state index in [1.807, 2.05) is 0 Å². The van der Waals surface area contributed by atoms with Crippen molar-refractivity contribution in [2.45, 2.75) is 12.8 Å². The van der Waals surface area contributed by atoms with E-state index in [1.165, 1.54) is 19.5 Å². The van der Waals surface area contributed by atoms with E-state index in [0.717, 1.165) is 12.3 Å². The van der Waals surface area contributed by atoms with Crippen LogP contribution in [0.2, 0.25) is 0 Å². The Bertz CT molecular complexity index is 87.7. The molecule has 0 saturated carbocycles. The summed E-state index contributed by atoms with van der Waals surface area (Å²) in [5, 5.41) is 8.59. The van der Waals surface area contributed by atoms with Crippen LogP contribution in [-0.2, 0) is 0 Å². The highest BCUT2D eigenvalue weighted by Crippen LogP contribution is 2.16. The van der Waals surface area contributed by atoms with Crippen LogP contribution in [0.5, 0.6) is 0 Å². The summed E-state index contributed by atoms with van der Waals surface area (Å²) < 4.78 is 0. The van der Waals surface area contributed by atoms with Crippen molar-refractivity contribution in [3.8, 4) is 0 Å². The van der Waals surface area contributed by atoms with Gasteiger partial charge in [0.05, 0.1) is 0 Å². The van der Waals surface area contributed by atoms with Crippen molar-refractivity contribution in [2.24, 2.45) is 5.92 Å². The lowest BCUT2D eigenvalue weighted by atomic mass is 10.1. The summed E-state index contributed by atoms with van der Waals surface area (Å²) in [7, 11) is 2.14. The molecule has 0 radical (unpaired) electrons. The minimum Gasteiger partial charge on any atom is -0.396 e. The second kappa shape index (κ2) is 4.94. The third-order valence-electron chi connectivity index (χ3n) is 2.03. The fourth-order valence-corrected chi connectivity index (χ4v) is 1.44. The van der Waals surface area contributed by atoms with Crippen molar-refractivity contribution in [3.63, 3.8) is 0 Å². The predicted octanol–water partition coefficient (Wildman–Crippen LogP) is 0.742. The zero-order chi connectivity index (χ0) is 6.69. The van der Waals surface area contributed by atoms with Crippen molar-refractivity contribution in [1.82, 2.24) is 4.90 Å². The smallest absolute Gasteiger partial charge is 0.0434 e. The third kappa shape index (κ3) is 2.86. The maximum Gasteiger partial charge on any atom is 0.0434 e. The molecule has 0 bridgehead atoms. The largest absolute Gasteiger partial charge is 0.396 e. The molecule has 3 heteroatoms. The fraction of sp³-hybridized carbons (Fsp3) is 1.00. The van der Waals surface area contributed by atoms with E-state index >= 15 is 0 Å². The average molecular weight is 166 g/mol. The molecule has 0 spiro atoms. The first-order chi connectivity index (χ1) is 4.33. The van der Waals surface area contributed by atoms with Gasteiger partial charge >= 0.3 is 0 Å². The van der Waals surface area contributed by atoms with E-state index < -0.39 is 0 Å². The molecule has 0 amide bonds. The molecular weight excluding hydrogens is 150 g/mol. The van der Waals surface area contributed by atoms with Crippen molar-refractivity contribution < 1.29 is 5.11 Å². The Balaban J connectivity index is 0.000000810. The molecular formula is C7H16ClNO. The molecule has 1 aliphatic rings. The molecule has 1 N–H and O–H groups in total. The zero-order valence-electron chi connectivity index (χ0n) is 6.42. The first-order valence-corrected chi connectivity index (χ1v) is 3.62. The van der Waals surface area contributed by atoms with E-state index in [9.17, 15) is 0 Å². The van der Waals surface area contributed by atoms with E-state index in [4.69, 9.17) is 5.11 Å². The summed E-state index contributed by atoms with van der Waals surface area (Å²) in [6.45, 7) is 2.75. The molecule has 1 atom stereocenters. The molecule has 62 valence electrons. The van der Waals surface area contributed by atoms with Gasteiger partial charge < -0.3 is 10.0 Å². The molecule has 0 aromatic heterocycles. The van der Waals surface area contributed by atoms with Crippen LogP contribution in [0.1, 0.15) is 12.8 Å². The monoisotopic (exact) mass is 165 g/mol. The van der Waals surface area contributed by atoms with Gasteiger partial charge in [-0.2, -0.15) is 0 Å². The van der Waals surface area contributed by atoms with Gasteiger partial charge in [0.25, 0.3) is 0 Å². The van der Waals surface area contributed by atoms with Crippen LogP contribution in [-0.4, -0.2) is 36.8 Å². The van der Waals surface area contributed by atoms with Crippen molar-refractivity contribution in [3.05, 3.63) is 0 Å². The summed E-state index contributed by atoms with van der Waals surface area (Å²) in [6, 6.07) is 0. The van der Waals surface area contributed by atoms with Crippen molar-refractivity contribution >= 4 is 12.4 Å². The standard InChI is InChI=1S/C7H15NO.ClH/c1-8-4-2-7(6-8)3-5-9;/h7,9H,2-6H2,1H3;1H. The molecule has 1 saturated heterocycles. The molecule has 1 rings (SSSR count). The summed E-state index contributed by atoms with van der Waals surface area (Å²) in [5.74, 6) is 0.764. The van der Waals surface area contributed by atoms with Crippen LogP contribution in [0, 0.1) is 5.92 Å². The fourth-order valence-electron chi connectivity index (χ4n) is 1.44. The first kappa shape index (κ1) is 10.2. The molecule has 2 nitrogen and oxygen atoms in total. The second-order valence-corrected chi connectivity index (χ2v) is 2.93. The number of nitrogens with zero attached hydrogens (tertiary/aromatic N) is 1. The van der Waals surface area contributed by atoms with Gasteiger partial charge in [0.1, 0.15) is 0 Å². The SMILES string of the molecule is CN1CCC(CCO)C1.Cl. The Hall–Kier alpha value is 0.210. The van der Waals surface area contributed by atoms with Gasteiger partial charge in [0.15, 0.2) is 0 Å². The van der Waals surface area contributed by atoms with Gasteiger partial charge in [0, 0.05) is 13.2 Å². The number of likely N-dealkylation sites (tertiary alicyclic amines) is 1. The zero-order valence-corrected chi connectivity index (χ0v) is 7.23. The van der Waals surface area contributed by atoms with E-state index in [0.29, 0.717) is 6.61 Å². The predicted molar refractivity (Wildman–Crippen MR) is 44.6 cm³/mol. The van der Waals surface area contributed by atoms with E-state index in [1.54, 1.807) is 0 Å². The lowest BCUT2D eigenvalue weighted by molar-refractivity contribution is 0.256. The van der Waals surface area contributed by atoms with Crippen LogP contribution in [0.4, 0.5) is 0 Å². The van der Waals surface area contributed by atoms with Gasteiger partial charge in [-0.1, -0.05) is 0 Å². The van der Waals surface area contributed by atoms with Crippen LogP contribution in [0.15, 0.2) is 0 Å². The molecule has 10 heavy (non-hydrogen) atoms. The summed E-state index contributed by atoms with van der Waals surface area (Å²) in [5.41, 5.74) is 0. The van der Waals surface area contributed by atoms with Gasteiger partial charge in [-0.15, -0.1) is 12.4 Å². The Morgan fingerprint density at radius 1 is 1.60 bits per heavy atom. The average Bonchev–Trinajstić information content (AvgIpc) is 2.17. The number of hydrogen-bond donors (Lipinski definition) is 1. The quantitative estimate of drug-likeness (QED) is 0.653. The molecule has 1 fully saturated rings. The van der Waals surface area contributed by atoms with Gasteiger partial charge in [-0.25, -0.2) is 0 Å². The molecule has 1 heterocycles. The Morgan fingerprint density at radius 3 is 2.70 bits per heavy atom. The topological polar surface area (TPSA) is 23.5 Å². The molecule has 1 aliphatic heterocycles. The van der Waals surface area contributed by atoms with Crippen molar-refractivity contribution in [2.75, 3.05) is 26.7 Å².